The number of hydrogen-bond acceptors (Lipinski definition) is 3. The van der Waals surface area contributed by atoms with Gasteiger partial charge in [0.25, 0.3) is 0 Å². The Morgan fingerprint density at radius 1 is 0.800 bits per heavy atom. The summed E-state index contributed by atoms with van der Waals surface area (Å²) in [5.74, 6) is -1.16. The molecular formula is C21H17FO2S. The van der Waals surface area contributed by atoms with Crippen LogP contribution in [0.25, 0.3) is 0 Å². The maximum atomic E-state index is 13.3. The fraction of sp³-hybridized carbons (Fsp3) is 0.0952. The van der Waals surface area contributed by atoms with Crippen molar-refractivity contribution >= 4 is 16.9 Å². The minimum absolute atomic E-state index is 0.186. The largest absolute Gasteiger partial charge is 0.387 e. The molecule has 0 fully saturated rings. The van der Waals surface area contributed by atoms with Crippen molar-refractivity contribution in [3.05, 3.63) is 102 Å². The number of aliphatic hydroxyl groups is 1. The van der Waals surface area contributed by atoms with Crippen LogP contribution in [0.4, 0.5) is 4.39 Å². The average molecular weight is 352 g/mol. The topological polar surface area (TPSA) is 37.3 Å². The third-order valence-corrected chi connectivity index (χ3v) is 4.86. The van der Waals surface area contributed by atoms with Gasteiger partial charge in [-0.2, -0.15) is 0 Å². The molecule has 0 radical (unpaired) electrons. The lowest BCUT2D eigenvalue weighted by molar-refractivity contribution is -0.114. The Bertz CT molecular complexity index is 820. The van der Waals surface area contributed by atoms with Gasteiger partial charge in [0.1, 0.15) is 5.82 Å². The number of thioether (sulfide) groups is 1. The van der Waals surface area contributed by atoms with E-state index in [1.54, 1.807) is 24.3 Å². The molecule has 2 atom stereocenters. The second-order valence-electron chi connectivity index (χ2n) is 5.62. The zero-order valence-corrected chi connectivity index (χ0v) is 14.2. The monoisotopic (exact) mass is 352 g/mol. The summed E-state index contributed by atoms with van der Waals surface area (Å²) in [5.41, 5.74) is 1.24. The van der Waals surface area contributed by atoms with Crippen LogP contribution >= 0.6 is 11.8 Å². The van der Waals surface area contributed by atoms with Gasteiger partial charge < -0.3 is 5.11 Å². The van der Waals surface area contributed by atoms with Crippen LogP contribution in [0.15, 0.2) is 89.8 Å². The first-order valence-electron chi connectivity index (χ1n) is 7.90. The van der Waals surface area contributed by atoms with Crippen LogP contribution in [-0.2, 0) is 4.79 Å². The molecule has 0 bridgehead atoms. The molecule has 0 unspecified atom stereocenters. The first kappa shape index (κ1) is 17.4. The Kier molecular flexibility index (Phi) is 5.64. The van der Waals surface area contributed by atoms with Crippen LogP contribution in [0.3, 0.4) is 0 Å². The van der Waals surface area contributed by atoms with Crippen LogP contribution in [0.2, 0.25) is 0 Å². The van der Waals surface area contributed by atoms with Gasteiger partial charge in [-0.3, -0.25) is 4.79 Å². The molecule has 0 spiro atoms. The Morgan fingerprint density at radius 3 is 1.96 bits per heavy atom. The van der Waals surface area contributed by atoms with Crippen molar-refractivity contribution in [3.63, 3.8) is 0 Å². The van der Waals surface area contributed by atoms with Gasteiger partial charge in [-0.05, 0) is 35.4 Å². The molecule has 2 nitrogen and oxygen atoms in total. The van der Waals surface area contributed by atoms with Gasteiger partial charge in [0.15, 0.2) is 0 Å². The summed E-state index contributed by atoms with van der Waals surface area (Å²) in [6.45, 7) is 0. The zero-order valence-electron chi connectivity index (χ0n) is 13.4. The lowest BCUT2D eigenvalue weighted by Crippen LogP contribution is -2.18. The smallest absolute Gasteiger partial charge is 0.204 e. The van der Waals surface area contributed by atoms with Crippen molar-refractivity contribution in [3.8, 4) is 0 Å². The highest BCUT2D eigenvalue weighted by molar-refractivity contribution is 8.13. The van der Waals surface area contributed by atoms with E-state index in [-0.39, 0.29) is 10.9 Å². The van der Waals surface area contributed by atoms with Gasteiger partial charge in [0.05, 0.1) is 12.0 Å². The van der Waals surface area contributed by atoms with Crippen molar-refractivity contribution in [2.24, 2.45) is 0 Å². The van der Waals surface area contributed by atoms with Crippen LogP contribution in [0.5, 0.6) is 0 Å². The highest BCUT2D eigenvalue weighted by Crippen LogP contribution is 2.37. The molecule has 0 amide bonds. The van der Waals surface area contributed by atoms with E-state index in [1.807, 2.05) is 48.5 Å². The fourth-order valence-corrected chi connectivity index (χ4v) is 3.55. The summed E-state index contributed by atoms with van der Waals surface area (Å²) in [4.78, 5) is 13.7. The maximum Gasteiger partial charge on any atom is 0.204 e. The van der Waals surface area contributed by atoms with Crippen LogP contribution in [0, 0.1) is 5.82 Å². The predicted molar refractivity (Wildman–Crippen MR) is 97.8 cm³/mol. The van der Waals surface area contributed by atoms with E-state index < -0.39 is 12.0 Å². The first-order valence-corrected chi connectivity index (χ1v) is 8.72. The van der Waals surface area contributed by atoms with E-state index in [1.165, 1.54) is 12.1 Å². The van der Waals surface area contributed by atoms with Crippen LogP contribution in [-0.4, -0.2) is 10.2 Å². The van der Waals surface area contributed by atoms with Crippen LogP contribution < -0.4 is 0 Å². The Balaban J connectivity index is 1.93. The first-order chi connectivity index (χ1) is 12.1. The van der Waals surface area contributed by atoms with Gasteiger partial charge >= 0.3 is 0 Å². The second-order valence-corrected chi connectivity index (χ2v) is 6.70. The van der Waals surface area contributed by atoms with Gasteiger partial charge in [0, 0.05) is 4.90 Å². The summed E-state index contributed by atoms with van der Waals surface area (Å²) in [6.07, 6.45) is -1.00. The molecule has 126 valence electrons. The van der Waals surface area contributed by atoms with Crippen molar-refractivity contribution in [1.82, 2.24) is 0 Å². The number of halogens is 1. The Morgan fingerprint density at radius 2 is 1.36 bits per heavy atom. The number of aliphatic hydroxyl groups excluding tert-OH is 1. The standard InChI is InChI=1S/C21H17FO2S/c22-17-13-11-15(12-14-17)19(20(23)16-7-3-1-4-8-16)21(24)25-18-9-5-2-6-10-18/h1-14,19-20,23H/t19-,20+/m0/s1. The Hall–Kier alpha value is -2.43. The molecule has 1 N–H and O–H groups in total. The minimum atomic E-state index is -1.00. The number of benzene rings is 3. The molecule has 4 heteroatoms. The molecule has 3 aromatic carbocycles. The summed E-state index contributed by atoms with van der Waals surface area (Å²) in [6, 6.07) is 24.0. The summed E-state index contributed by atoms with van der Waals surface area (Å²) < 4.78 is 13.3. The van der Waals surface area contributed by atoms with Crippen molar-refractivity contribution in [1.29, 1.82) is 0 Å². The van der Waals surface area contributed by atoms with Crippen molar-refractivity contribution in [2.75, 3.05) is 0 Å². The molecule has 3 rings (SSSR count). The highest BCUT2D eigenvalue weighted by Gasteiger charge is 2.30. The third kappa shape index (κ3) is 4.35. The normalized spacial score (nSPS) is 13.2. The molecule has 0 heterocycles. The lowest BCUT2D eigenvalue weighted by atomic mass is 9.90. The summed E-state index contributed by atoms with van der Waals surface area (Å²) in [7, 11) is 0. The molecule has 0 aliphatic carbocycles. The van der Waals surface area contributed by atoms with E-state index in [2.05, 4.69) is 0 Å². The van der Waals surface area contributed by atoms with E-state index in [0.717, 1.165) is 16.7 Å². The zero-order chi connectivity index (χ0) is 17.6. The average Bonchev–Trinajstić information content (AvgIpc) is 2.65. The van der Waals surface area contributed by atoms with Gasteiger partial charge in [-0.25, -0.2) is 4.39 Å². The molecule has 3 aromatic rings. The van der Waals surface area contributed by atoms with Gasteiger partial charge in [-0.15, -0.1) is 0 Å². The third-order valence-electron chi connectivity index (χ3n) is 3.90. The predicted octanol–water partition coefficient (Wildman–Crippen LogP) is 4.96. The fourth-order valence-electron chi connectivity index (χ4n) is 2.63. The maximum absolute atomic E-state index is 13.3. The number of hydrogen-bond donors (Lipinski definition) is 1. The quantitative estimate of drug-likeness (QED) is 0.659. The molecule has 0 saturated carbocycles. The molecule has 0 saturated heterocycles. The van der Waals surface area contributed by atoms with Gasteiger partial charge in [-0.1, -0.05) is 72.4 Å². The molecule has 0 aromatic heterocycles. The summed E-state index contributed by atoms with van der Waals surface area (Å²) in [5, 5.41) is 10.6. The van der Waals surface area contributed by atoms with E-state index in [0.29, 0.717) is 11.1 Å². The van der Waals surface area contributed by atoms with Crippen molar-refractivity contribution < 1.29 is 14.3 Å². The second kappa shape index (κ2) is 8.10. The molecule has 0 aliphatic rings. The highest BCUT2D eigenvalue weighted by atomic mass is 32.2. The minimum Gasteiger partial charge on any atom is -0.387 e. The Labute approximate surface area is 150 Å². The number of carbonyl (C=O) groups excluding carboxylic acids is 1. The molecular weight excluding hydrogens is 335 g/mol. The molecule has 25 heavy (non-hydrogen) atoms. The number of rotatable bonds is 5. The van der Waals surface area contributed by atoms with E-state index in [4.69, 9.17) is 0 Å². The van der Waals surface area contributed by atoms with Crippen LogP contribution in [0.1, 0.15) is 23.1 Å². The lowest BCUT2D eigenvalue weighted by Gasteiger charge is -2.22. The SMILES string of the molecule is O=C(Sc1ccccc1)[C@@H](c1ccc(F)cc1)[C@H](O)c1ccccc1. The van der Waals surface area contributed by atoms with Gasteiger partial charge in [0.2, 0.25) is 5.12 Å². The molecule has 0 aliphatic heterocycles. The number of carbonyl (C=O) groups is 1. The summed E-state index contributed by atoms with van der Waals surface area (Å²) >= 11 is 1.08. The van der Waals surface area contributed by atoms with E-state index in [9.17, 15) is 14.3 Å². The van der Waals surface area contributed by atoms with Crippen molar-refractivity contribution in [2.45, 2.75) is 16.9 Å². The van der Waals surface area contributed by atoms with E-state index >= 15 is 0 Å².